The number of nitrogens with zero attached hydrogens (tertiary/aromatic N) is 1. The Bertz CT molecular complexity index is 570. The van der Waals surface area contributed by atoms with Gasteiger partial charge in [0.05, 0.1) is 0 Å². The number of aromatic amines is 1. The van der Waals surface area contributed by atoms with Crippen LogP contribution in [0.2, 0.25) is 0 Å². The molecule has 0 saturated heterocycles. The van der Waals surface area contributed by atoms with Gasteiger partial charge in [0.15, 0.2) is 0 Å². The van der Waals surface area contributed by atoms with Gasteiger partial charge in [0.1, 0.15) is 6.10 Å². The fraction of sp³-hybridized carbons (Fsp3) is 0.278. The summed E-state index contributed by atoms with van der Waals surface area (Å²) < 4.78 is 0. The molecule has 0 aliphatic carbocycles. The molecule has 3 nitrogen and oxygen atoms in total. The van der Waals surface area contributed by atoms with E-state index >= 15 is 0 Å². The Hall–Kier alpha value is -2.13. The van der Waals surface area contributed by atoms with Gasteiger partial charge in [-0.2, -0.15) is 0 Å². The Labute approximate surface area is 127 Å². The molecule has 2 rings (SSSR count). The largest absolute Gasteiger partial charge is 0.384 e. The molecule has 0 aliphatic rings. The van der Waals surface area contributed by atoms with Gasteiger partial charge >= 0.3 is 0 Å². The Morgan fingerprint density at radius 1 is 1.33 bits per heavy atom. The van der Waals surface area contributed by atoms with Crippen LogP contribution >= 0.6 is 0 Å². The predicted molar refractivity (Wildman–Crippen MR) is 89.9 cm³/mol. The van der Waals surface area contributed by atoms with Crippen LogP contribution in [-0.2, 0) is 0 Å². The Morgan fingerprint density at radius 3 is 2.57 bits per heavy atom. The van der Waals surface area contributed by atoms with Crippen molar-refractivity contribution in [3.63, 3.8) is 0 Å². The van der Waals surface area contributed by atoms with E-state index in [1.54, 1.807) is 18.5 Å². The number of aliphatic hydroxyl groups is 1. The minimum Gasteiger partial charge on any atom is -0.384 e. The first-order chi connectivity index (χ1) is 10.3. The third kappa shape index (κ3) is 4.17. The van der Waals surface area contributed by atoms with E-state index in [-0.39, 0.29) is 0 Å². The third-order valence-corrected chi connectivity index (χ3v) is 3.03. The normalized spacial score (nSPS) is 11.8. The van der Waals surface area contributed by atoms with Gasteiger partial charge in [-0.05, 0) is 30.2 Å². The summed E-state index contributed by atoms with van der Waals surface area (Å²) >= 11 is 0. The first kappa shape index (κ1) is 16.9. The van der Waals surface area contributed by atoms with E-state index in [1.807, 2.05) is 38.3 Å². The van der Waals surface area contributed by atoms with Crippen molar-refractivity contribution in [2.45, 2.75) is 33.3 Å². The number of H-pyrrole nitrogens is 1. The second-order valence-electron chi connectivity index (χ2n) is 4.27. The second-order valence-corrected chi connectivity index (χ2v) is 4.27. The number of rotatable bonds is 5. The molecule has 2 aromatic heterocycles. The molecule has 0 aromatic carbocycles. The standard InChI is InChI=1S/C16H18N2O.C2H6/c1-3-5-6-15-13(4-2)14(11-18-15)16(19)12-7-9-17-10-8-12;1-2/h4-11,16,18-19H,2-3H2,1H3;1-2H3/b6-5-;. The first-order valence-corrected chi connectivity index (χ1v) is 7.36. The zero-order valence-corrected chi connectivity index (χ0v) is 13.0. The maximum Gasteiger partial charge on any atom is 0.106 e. The van der Waals surface area contributed by atoms with Crippen molar-refractivity contribution in [3.8, 4) is 0 Å². The molecule has 0 amide bonds. The van der Waals surface area contributed by atoms with E-state index in [0.717, 1.165) is 28.8 Å². The van der Waals surface area contributed by atoms with Gasteiger partial charge in [-0.15, -0.1) is 0 Å². The minimum atomic E-state index is -0.670. The molecule has 0 spiro atoms. The molecule has 1 unspecified atom stereocenters. The molecule has 0 saturated carbocycles. The lowest BCUT2D eigenvalue weighted by molar-refractivity contribution is 0.220. The van der Waals surface area contributed by atoms with E-state index < -0.39 is 6.10 Å². The van der Waals surface area contributed by atoms with Crippen molar-refractivity contribution in [2.24, 2.45) is 0 Å². The Kier molecular flexibility index (Phi) is 7.19. The highest BCUT2D eigenvalue weighted by molar-refractivity contribution is 5.66. The SMILES string of the molecule is C=Cc1c(C(O)c2ccncc2)c[nH]c1/C=C\CC.CC. The average Bonchev–Trinajstić information content (AvgIpc) is 2.97. The van der Waals surface area contributed by atoms with Gasteiger partial charge in [0.25, 0.3) is 0 Å². The number of hydrogen-bond donors (Lipinski definition) is 2. The van der Waals surface area contributed by atoms with Crippen LogP contribution in [0.1, 0.15) is 55.7 Å². The summed E-state index contributed by atoms with van der Waals surface area (Å²) in [5.74, 6) is 0. The van der Waals surface area contributed by atoms with E-state index in [0.29, 0.717) is 0 Å². The first-order valence-electron chi connectivity index (χ1n) is 7.36. The van der Waals surface area contributed by atoms with Gasteiger partial charge in [-0.3, -0.25) is 4.98 Å². The van der Waals surface area contributed by atoms with E-state index in [9.17, 15) is 5.11 Å². The summed E-state index contributed by atoms with van der Waals surface area (Å²) in [7, 11) is 0. The average molecular weight is 284 g/mol. The van der Waals surface area contributed by atoms with Crippen molar-refractivity contribution >= 4 is 12.2 Å². The molecule has 2 N–H and O–H groups in total. The van der Waals surface area contributed by atoms with Crippen LogP contribution in [-0.4, -0.2) is 15.1 Å². The highest BCUT2D eigenvalue weighted by atomic mass is 16.3. The third-order valence-electron chi connectivity index (χ3n) is 3.03. The van der Waals surface area contributed by atoms with Gasteiger partial charge < -0.3 is 10.1 Å². The zero-order valence-electron chi connectivity index (χ0n) is 13.0. The number of hydrogen-bond acceptors (Lipinski definition) is 2. The van der Waals surface area contributed by atoms with E-state index in [2.05, 4.69) is 29.5 Å². The topological polar surface area (TPSA) is 48.9 Å². The van der Waals surface area contributed by atoms with Crippen molar-refractivity contribution in [1.29, 1.82) is 0 Å². The monoisotopic (exact) mass is 284 g/mol. The van der Waals surface area contributed by atoms with Crippen molar-refractivity contribution in [1.82, 2.24) is 9.97 Å². The van der Waals surface area contributed by atoms with Crippen LogP contribution in [0.25, 0.3) is 12.2 Å². The summed E-state index contributed by atoms with van der Waals surface area (Å²) in [5.41, 5.74) is 3.56. The Balaban J connectivity index is 0.00000106. The van der Waals surface area contributed by atoms with Crippen LogP contribution in [0.3, 0.4) is 0 Å². The van der Waals surface area contributed by atoms with Crippen LogP contribution in [0, 0.1) is 0 Å². The van der Waals surface area contributed by atoms with Gasteiger partial charge in [0.2, 0.25) is 0 Å². The maximum atomic E-state index is 10.4. The molecule has 1 atom stereocenters. The summed E-state index contributed by atoms with van der Waals surface area (Å²) in [4.78, 5) is 7.14. The van der Waals surface area contributed by atoms with Crippen LogP contribution in [0.5, 0.6) is 0 Å². The number of aliphatic hydroxyl groups excluding tert-OH is 1. The molecular weight excluding hydrogens is 260 g/mol. The molecule has 2 aromatic rings. The summed E-state index contributed by atoms with van der Waals surface area (Å²) in [6, 6.07) is 3.62. The molecular formula is C18H24N2O. The fourth-order valence-corrected chi connectivity index (χ4v) is 2.02. The zero-order chi connectivity index (χ0) is 15.7. The lowest BCUT2D eigenvalue weighted by atomic mass is 10.00. The summed E-state index contributed by atoms with van der Waals surface area (Å²) in [6.07, 6.45) is 11.3. The predicted octanol–water partition coefficient (Wildman–Crippen LogP) is 4.58. The van der Waals surface area contributed by atoms with Crippen LogP contribution < -0.4 is 0 Å². The lowest BCUT2D eigenvalue weighted by Gasteiger charge is -2.10. The molecule has 0 aliphatic heterocycles. The van der Waals surface area contributed by atoms with Crippen molar-refractivity contribution < 1.29 is 5.11 Å². The van der Waals surface area contributed by atoms with Gasteiger partial charge in [-0.1, -0.05) is 39.5 Å². The van der Waals surface area contributed by atoms with Crippen LogP contribution in [0.4, 0.5) is 0 Å². The number of pyridine rings is 1. The van der Waals surface area contributed by atoms with E-state index in [1.165, 1.54) is 0 Å². The highest BCUT2D eigenvalue weighted by Gasteiger charge is 2.16. The maximum absolute atomic E-state index is 10.4. The van der Waals surface area contributed by atoms with Crippen LogP contribution in [0.15, 0.2) is 43.4 Å². The smallest absolute Gasteiger partial charge is 0.106 e. The van der Waals surface area contributed by atoms with Crippen molar-refractivity contribution in [2.75, 3.05) is 0 Å². The molecule has 2 heterocycles. The molecule has 3 heteroatoms. The Morgan fingerprint density at radius 2 is 2.00 bits per heavy atom. The number of nitrogens with one attached hydrogen (secondary N) is 1. The molecule has 21 heavy (non-hydrogen) atoms. The lowest BCUT2D eigenvalue weighted by Crippen LogP contribution is -2.00. The highest BCUT2D eigenvalue weighted by Crippen LogP contribution is 2.28. The number of aromatic nitrogens is 2. The minimum absolute atomic E-state index is 0.670. The molecule has 0 radical (unpaired) electrons. The fourth-order valence-electron chi connectivity index (χ4n) is 2.02. The molecule has 0 fully saturated rings. The number of allylic oxidation sites excluding steroid dienone is 1. The van der Waals surface area contributed by atoms with Crippen molar-refractivity contribution in [3.05, 3.63) is 65.8 Å². The quantitative estimate of drug-likeness (QED) is 0.844. The van der Waals surface area contributed by atoms with Gasteiger partial charge in [-0.25, -0.2) is 0 Å². The van der Waals surface area contributed by atoms with Gasteiger partial charge in [0, 0.05) is 35.4 Å². The summed E-state index contributed by atoms with van der Waals surface area (Å²) in [5, 5.41) is 10.4. The second kappa shape index (κ2) is 8.93. The van der Waals surface area contributed by atoms with E-state index in [4.69, 9.17) is 0 Å². The molecule has 0 bridgehead atoms. The molecule has 112 valence electrons. The summed E-state index contributed by atoms with van der Waals surface area (Å²) in [6.45, 7) is 9.91.